The van der Waals surface area contributed by atoms with Gasteiger partial charge in [-0.05, 0) is 29.7 Å². The molecule has 0 fully saturated rings. The summed E-state index contributed by atoms with van der Waals surface area (Å²) in [6.07, 6.45) is 0.674. The molecule has 0 spiro atoms. The first-order valence-corrected chi connectivity index (χ1v) is 9.86. The molecular weight excluding hydrogens is 382 g/mol. The summed E-state index contributed by atoms with van der Waals surface area (Å²) in [6.45, 7) is 1.04. The van der Waals surface area contributed by atoms with Gasteiger partial charge < -0.3 is 19.7 Å². The van der Waals surface area contributed by atoms with E-state index in [-0.39, 0.29) is 18.0 Å². The van der Waals surface area contributed by atoms with Gasteiger partial charge in [0.2, 0.25) is 0 Å². The van der Waals surface area contributed by atoms with Crippen molar-refractivity contribution in [2.45, 2.75) is 12.5 Å². The number of ether oxygens (including phenoxy) is 2. The van der Waals surface area contributed by atoms with E-state index < -0.39 is 0 Å². The molecule has 2 heterocycles. The molecule has 1 atom stereocenters. The molecule has 2 aliphatic rings. The minimum Gasteiger partial charge on any atom is -0.493 e. The minimum absolute atomic E-state index is 0.108. The molecule has 7 heteroatoms. The summed E-state index contributed by atoms with van der Waals surface area (Å²) in [7, 11) is 4.85. The summed E-state index contributed by atoms with van der Waals surface area (Å²) in [5.74, 6) is 1.23. The molecule has 1 N–H and O–H groups in total. The summed E-state index contributed by atoms with van der Waals surface area (Å²) in [4.78, 5) is 28.8. The molecule has 2 aromatic rings. The summed E-state index contributed by atoms with van der Waals surface area (Å²) >= 11 is 0. The Hall–Kier alpha value is -3.48. The summed E-state index contributed by atoms with van der Waals surface area (Å²) in [5.41, 5.74) is 3.44. The Kier molecular flexibility index (Phi) is 5.35. The first-order chi connectivity index (χ1) is 14.5. The number of benzene rings is 2. The van der Waals surface area contributed by atoms with Crippen molar-refractivity contribution in [1.29, 1.82) is 0 Å². The Morgan fingerprint density at radius 2 is 1.77 bits per heavy atom. The van der Waals surface area contributed by atoms with Gasteiger partial charge in [-0.1, -0.05) is 36.4 Å². The maximum Gasteiger partial charge on any atom is 0.322 e. The standard InChI is InChI=1S/C23H25N3O4/c1-25-21-17(20(24-23(25)28)16-7-5-4-6-8-16)14-26(22(21)27)12-11-15-9-10-18(29-2)19(13-15)30-3/h4-10,13,20H,11-12,14H2,1-3H3,(H,24,28). The van der Waals surface area contributed by atoms with E-state index in [1.165, 1.54) is 4.90 Å². The summed E-state index contributed by atoms with van der Waals surface area (Å²) in [6, 6.07) is 15.0. The molecule has 156 valence electrons. The van der Waals surface area contributed by atoms with E-state index in [0.29, 0.717) is 36.7 Å². The lowest BCUT2D eigenvalue weighted by atomic mass is 9.96. The Balaban J connectivity index is 1.53. The maximum atomic E-state index is 13.1. The number of carbonyl (C=O) groups excluding carboxylic acids is 2. The zero-order chi connectivity index (χ0) is 21.3. The van der Waals surface area contributed by atoms with Crippen molar-refractivity contribution in [2.75, 3.05) is 34.4 Å². The SMILES string of the molecule is COc1ccc(CCN2CC3=C(C2=O)N(C)C(=O)NC3c2ccccc2)cc1OC. The number of hydrogen-bond acceptors (Lipinski definition) is 4. The number of amides is 3. The topological polar surface area (TPSA) is 71.1 Å². The van der Waals surface area contributed by atoms with Gasteiger partial charge in [0.15, 0.2) is 11.5 Å². The number of nitrogens with one attached hydrogen (secondary N) is 1. The van der Waals surface area contributed by atoms with Crippen LogP contribution in [-0.2, 0) is 11.2 Å². The van der Waals surface area contributed by atoms with Gasteiger partial charge in [-0.15, -0.1) is 0 Å². The molecule has 2 aromatic carbocycles. The number of carbonyl (C=O) groups is 2. The molecule has 1 unspecified atom stereocenters. The Morgan fingerprint density at radius 1 is 1.03 bits per heavy atom. The molecule has 0 aromatic heterocycles. The zero-order valence-corrected chi connectivity index (χ0v) is 17.3. The molecule has 0 saturated carbocycles. The first kappa shape index (κ1) is 19.8. The number of nitrogens with zero attached hydrogens (tertiary/aromatic N) is 2. The lowest BCUT2D eigenvalue weighted by molar-refractivity contribution is -0.126. The van der Waals surface area contributed by atoms with Gasteiger partial charge in [-0.2, -0.15) is 0 Å². The average Bonchev–Trinajstić information content (AvgIpc) is 3.11. The van der Waals surface area contributed by atoms with Gasteiger partial charge in [0.05, 0.1) is 20.3 Å². The quantitative estimate of drug-likeness (QED) is 0.799. The number of likely N-dealkylation sites (N-methyl/N-ethyl adjacent to an activating group) is 1. The highest BCUT2D eigenvalue weighted by atomic mass is 16.5. The molecule has 0 saturated heterocycles. The van der Waals surface area contributed by atoms with Crippen molar-refractivity contribution in [3.8, 4) is 11.5 Å². The van der Waals surface area contributed by atoms with Gasteiger partial charge in [-0.3, -0.25) is 9.69 Å². The monoisotopic (exact) mass is 407 g/mol. The van der Waals surface area contributed by atoms with Crippen LogP contribution in [0.2, 0.25) is 0 Å². The molecular formula is C23H25N3O4. The van der Waals surface area contributed by atoms with E-state index >= 15 is 0 Å². The molecule has 3 amide bonds. The van der Waals surface area contributed by atoms with E-state index in [9.17, 15) is 9.59 Å². The summed E-state index contributed by atoms with van der Waals surface area (Å²) < 4.78 is 10.7. The first-order valence-electron chi connectivity index (χ1n) is 9.86. The van der Waals surface area contributed by atoms with Gasteiger partial charge in [0.1, 0.15) is 5.70 Å². The lowest BCUT2D eigenvalue weighted by Gasteiger charge is -2.31. The van der Waals surface area contributed by atoms with Gasteiger partial charge >= 0.3 is 6.03 Å². The van der Waals surface area contributed by atoms with Crippen LogP contribution >= 0.6 is 0 Å². The van der Waals surface area contributed by atoms with Crippen LogP contribution in [0.4, 0.5) is 4.79 Å². The van der Waals surface area contributed by atoms with E-state index in [2.05, 4.69) is 5.32 Å². The third-order valence-corrected chi connectivity index (χ3v) is 5.66. The fraction of sp³-hybridized carbons (Fsp3) is 0.304. The number of rotatable bonds is 6. The molecule has 0 bridgehead atoms. The summed E-state index contributed by atoms with van der Waals surface area (Å²) in [5, 5.41) is 3.02. The number of urea groups is 1. The van der Waals surface area contributed by atoms with Crippen LogP contribution in [0.15, 0.2) is 59.8 Å². The van der Waals surface area contributed by atoms with Crippen LogP contribution in [0, 0.1) is 0 Å². The number of methoxy groups -OCH3 is 2. The fourth-order valence-corrected chi connectivity index (χ4v) is 4.05. The van der Waals surface area contributed by atoms with Crippen molar-refractivity contribution in [2.24, 2.45) is 0 Å². The van der Waals surface area contributed by atoms with E-state index in [1.54, 1.807) is 26.2 Å². The van der Waals surface area contributed by atoms with E-state index in [1.807, 2.05) is 48.5 Å². The van der Waals surface area contributed by atoms with Gasteiger partial charge in [-0.25, -0.2) is 4.79 Å². The van der Waals surface area contributed by atoms with Crippen LogP contribution in [0.3, 0.4) is 0 Å². The van der Waals surface area contributed by atoms with Crippen molar-refractivity contribution in [3.63, 3.8) is 0 Å². The Labute approximate surface area is 175 Å². The van der Waals surface area contributed by atoms with Crippen molar-refractivity contribution in [1.82, 2.24) is 15.1 Å². The predicted octanol–water partition coefficient (Wildman–Crippen LogP) is 2.74. The highest BCUT2D eigenvalue weighted by Gasteiger charge is 2.42. The van der Waals surface area contributed by atoms with Crippen LogP contribution in [0.25, 0.3) is 0 Å². The van der Waals surface area contributed by atoms with Crippen molar-refractivity contribution in [3.05, 3.63) is 70.9 Å². The Bertz CT molecular complexity index is 1000. The second-order valence-electron chi connectivity index (χ2n) is 7.39. The highest BCUT2D eigenvalue weighted by molar-refractivity contribution is 6.01. The van der Waals surface area contributed by atoms with Crippen LogP contribution in [-0.4, -0.2) is 56.1 Å². The van der Waals surface area contributed by atoms with Gasteiger partial charge in [0.25, 0.3) is 5.91 Å². The second-order valence-corrected chi connectivity index (χ2v) is 7.39. The smallest absolute Gasteiger partial charge is 0.322 e. The van der Waals surface area contributed by atoms with E-state index in [4.69, 9.17) is 9.47 Å². The fourth-order valence-electron chi connectivity index (χ4n) is 4.05. The van der Waals surface area contributed by atoms with Crippen LogP contribution in [0.5, 0.6) is 11.5 Å². The van der Waals surface area contributed by atoms with E-state index in [0.717, 1.165) is 16.7 Å². The maximum absolute atomic E-state index is 13.1. The molecule has 0 aliphatic carbocycles. The largest absolute Gasteiger partial charge is 0.493 e. The average molecular weight is 407 g/mol. The van der Waals surface area contributed by atoms with Crippen molar-refractivity contribution < 1.29 is 19.1 Å². The predicted molar refractivity (Wildman–Crippen MR) is 112 cm³/mol. The van der Waals surface area contributed by atoms with Gasteiger partial charge in [0, 0.05) is 25.7 Å². The third-order valence-electron chi connectivity index (χ3n) is 5.66. The highest BCUT2D eigenvalue weighted by Crippen LogP contribution is 2.35. The number of hydrogen-bond donors (Lipinski definition) is 1. The lowest BCUT2D eigenvalue weighted by Crippen LogP contribution is -2.45. The molecule has 7 nitrogen and oxygen atoms in total. The van der Waals surface area contributed by atoms with Crippen LogP contribution in [0.1, 0.15) is 17.2 Å². The molecule has 30 heavy (non-hydrogen) atoms. The zero-order valence-electron chi connectivity index (χ0n) is 17.3. The minimum atomic E-state index is -0.292. The third kappa shape index (κ3) is 3.47. The molecule has 2 aliphatic heterocycles. The Morgan fingerprint density at radius 3 is 2.47 bits per heavy atom. The molecule has 4 rings (SSSR count). The molecule has 0 radical (unpaired) electrons. The second kappa shape index (κ2) is 8.10. The van der Waals surface area contributed by atoms with Crippen molar-refractivity contribution >= 4 is 11.9 Å². The normalized spacial score (nSPS) is 18.4. The van der Waals surface area contributed by atoms with Crippen LogP contribution < -0.4 is 14.8 Å².